The molecule has 0 amide bonds. The van der Waals surface area contributed by atoms with Gasteiger partial charge in [0.2, 0.25) is 0 Å². The zero-order valence-electron chi connectivity index (χ0n) is 11.1. The summed E-state index contributed by atoms with van der Waals surface area (Å²) >= 11 is 0. The van der Waals surface area contributed by atoms with E-state index in [1.807, 2.05) is 12.1 Å². The van der Waals surface area contributed by atoms with Crippen molar-refractivity contribution >= 4 is 5.69 Å². The Hall–Kier alpha value is -1.53. The zero-order chi connectivity index (χ0) is 13.0. The summed E-state index contributed by atoms with van der Waals surface area (Å²) in [6.45, 7) is 2.06. The van der Waals surface area contributed by atoms with Crippen LogP contribution in [0.1, 0.15) is 31.2 Å². The van der Waals surface area contributed by atoms with Gasteiger partial charge in [-0.15, -0.1) is 0 Å². The molecular weight excluding hydrogens is 224 g/mol. The summed E-state index contributed by atoms with van der Waals surface area (Å²) in [5, 5.41) is 12.9. The van der Waals surface area contributed by atoms with Gasteiger partial charge >= 0.3 is 0 Å². The zero-order valence-corrected chi connectivity index (χ0v) is 11.1. The van der Waals surface area contributed by atoms with Gasteiger partial charge in [0.1, 0.15) is 5.54 Å². The van der Waals surface area contributed by atoms with Crippen LogP contribution in [-0.2, 0) is 4.74 Å². The average Bonchev–Trinajstić information content (AvgIpc) is 2.39. The summed E-state index contributed by atoms with van der Waals surface area (Å²) in [4.78, 5) is 0. The lowest BCUT2D eigenvalue weighted by Crippen LogP contribution is -2.42. The molecule has 0 aromatic heterocycles. The van der Waals surface area contributed by atoms with Crippen LogP contribution in [0, 0.1) is 18.3 Å². The third-order valence-corrected chi connectivity index (χ3v) is 3.74. The molecule has 1 aliphatic rings. The van der Waals surface area contributed by atoms with Gasteiger partial charge in [0.15, 0.2) is 0 Å². The Morgan fingerprint density at radius 2 is 2.11 bits per heavy atom. The average molecular weight is 244 g/mol. The molecule has 0 radical (unpaired) electrons. The number of nitrogens with one attached hydrogen (secondary N) is 1. The van der Waals surface area contributed by atoms with Gasteiger partial charge < -0.3 is 10.1 Å². The van der Waals surface area contributed by atoms with Gasteiger partial charge in [0.25, 0.3) is 0 Å². The maximum Gasteiger partial charge on any atom is 0.125 e. The minimum Gasteiger partial charge on any atom is -0.381 e. The van der Waals surface area contributed by atoms with Crippen LogP contribution in [0.5, 0.6) is 0 Å². The summed E-state index contributed by atoms with van der Waals surface area (Å²) in [5.74, 6) is 0. The normalized spacial score (nSPS) is 27.5. The van der Waals surface area contributed by atoms with E-state index >= 15 is 0 Å². The maximum absolute atomic E-state index is 9.48. The van der Waals surface area contributed by atoms with Crippen molar-refractivity contribution < 1.29 is 4.74 Å². The van der Waals surface area contributed by atoms with E-state index in [4.69, 9.17) is 4.74 Å². The summed E-state index contributed by atoms with van der Waals surface area (Å²) in [6, 6.07) is 10.6. The molecule has 0 unspecified atom stereocenters. The first-order chi connectivity index (χ1) is 8.67. The highest BCUT2D eigenvalue weighted by atomic mass is 16.5. The highest BCUT2D eigenvalue weighted by Crippen LogP contribution is 2.32. The van der Waals surface area contributed by atoms with E-state index in [2.05, 4.69) is 30.4 Å². The van der Waals surface area contributed by atoms with Gasteiger partial charge in [-0.1, -0.05) is 12.1 Å². The predicted octanol–water partition coefficient (Wildman–Crippen LogP) is 3.26. The highest BCUT2D eigenvalue weighted by molar-refractivity contribution is 5.49. The first-order valence-electron chi connectivity index (χ1n) is 6.46. The molecule has 0 bridgehead atoms. The molecule has 1 N–H and O–H groups in total. The number of nitrogens with zero attached hydrogens (tertiary/aromatic N) is 1. The van der Waals surface area contributed by atoms with Crippen LogP contribution in [0.15, 0.2) is 24.3 Å². The summed E-state index contributed by atoms with van der Waals surface area (Å²) in [7, 11) is 1.75. The predicted molar refractivity (Wildman–Crippen MR) is 72.4 cm³/mol. The lowest BCUT2D eigenvalue weighted by Gasteiger charge is -2.35. The van der Waals surface area contributed by atoms with Crippen LogP contribution < -0.4 is 5.32 Å². The largest absolute Gasteiger partial charge is 0.381 e. The van der Waals surface area contributed by atoms with E-state index < -0.39 is 5.54 Å². The lowest BCUT2D eigenvalue weighted by molar-refractivity contribution is 0.0612. The van der Waals surface area contributed by atoms with Crippen molar-refractivity contribution in [1.29, 1.82) is 5.26 Å². The van der Waals surface area contributed by atoms with Gasteiger partial charge in [-0.3, -0.25) is 0 Å². The molecule has 0 atom stereocenters. The third kappa shape index (κ3) is 2.83. The fourth-order valence-corrected chi connectivity index (χ4v) is 2.58. The molecule has 18 heavy (non-hydrogen) atoms. The van der Waals surface area contributed by atoms with Crippen molar-refractivity contribution in [3.63, 3.8) is 0 Å². The van der Waals surface area contributed by atoms with E-state index in [0.717, 1.165) is 31.4 Å². The molecule has 1 fully saturated rings. The van der Waals surface area contributed by atoms with Gasteiger partial charge in [0.05, 0.1) is 12.2 Å². The maximum atomic E-state index is 9.48. The number of nitriles is 1. The summed E-state index contributed by atoms with van der Waals surface area (Å²) in [6.07, 6.45) is 3.89. The van der Waals surface area contributed by atoms with E-state index in [0.29, 0.717) is 6.10 Å². The van der Waals surface area contributed by atoms with Crippen LogP contribution >= 0.6 is 0 Å². The van der Waals surface area contributed by atoms with Crippen LogP contribution in [0.2, 0.25) is 0 Å². The molecule has 1 aromatic rings. The molecule has 3 heteroatoms. The summed E-state index contributed by atoms with van der Waals surface area (Å²) in [5.41, 5.74) is 1.81. The van der Waals surface area contributed by atoms with Gasteiger partial charge in [0, 0.05) is 12.8 Å². The Kier molecular flexibility index (Phi) is 3.88. The van der Waals surface area contributed by atoms with Crippen molar-refractivity contribution in [2.24, 2.45) is 0 Å². The number of ether oxygens (including phenoxy) is 1. The second-order valence-corrected chi connectivity index (χ2v) is 5.12. The van der Waals surface area contributed by atoms with Crippen molar-refractivity contribution in [2.75, 3.05) is 12.4 Å². The van der Waals surface area contributed by atoms with Crippen LogP contribution in [-0.4, -0.2) is 18.8 Å². The summed E-state index contributed by atoms with van der Waals surface area (Å²) < 4.78 is 5.36. The Bertz CT molecular complexity index is 442. The molecule has 96 valence electrons. The first kappa shape index (κ1) is 12.9. The third-order valence-electron chi connectivity index (χ3n) is 3.74. The fraction of sp³-hybridized carbons (Fsp3) is 0.533. The molecule has 0 saturated heterocycles. The fourth-order valence-electron chi connectivity index (χ4n) is 2.58. The second-order valence-electron chi connectivity index (χ2n) is 5.12. The number of methoxy groups -OCH3 is 1. The van der Waals surface area contributed by atoms with Crippen molar-refractivity contribution in [3.8, 4) is 6.07 Å². The van der Waals surface area contributed by atoms with Gasteiger partial charge in [-0.25, -0.2) is 0 Å². The Balaban J connectivity index is 2.08. The highest BCUT2D eigenvalue weighted by Gasteiger charge is 2.35. The first-order valence-corrected chi connectivity index (χ1v) is 6.46. The molecule has 1 aromatic carbocycles. The van der Waals surface area contributed by atoms with E-state index in [9.17, 15) is 5.26 Å². The van der Waals surface area contributed by atoms with E-state index in [-0.39, 0.29) is 0 Å². The molecule has 0 spiro atoms. The topological polar surface area (TPSA) is 45.0 Å². The monoisotopic (exact) mass is 244 g/mol. The number of rotatable bonds is 3. The smallest absolute Gasteiger partial charge is 0.125 e. The Labute approximate surface area is 109 Å². The molecule has 3 nitrogen and oxygen atoms in total. The minimum absolute atomic E-state index is 0.311. The van der Waals surface area contributed by atoms with Crippen molar-refractivity contribution in [2.45, 2.75) is 44.2 Å². The van der Waals surface area contributed by atoms with E-state index in [1.54, 1.807) is 7.11 Å². The van der Waals surface area contributed by atoms with Gasteiger partial charge in [-0.2, -0.15) is 5.26 Å². The number of aryl methyl sites for hydroxylation is 1. The molecule has 0 heterocycles. The van der Waals surface area contributed by atoms with Crippen molar-refractivity contribution in [3.05, 3.63) is 29.8 Å². The second kappa shape index (κ2) is 5.41. The van der Waals surface area contributed by atoms with Crippen molar-refractivity contribution in [1.82, 2.24) is 0 Å². The molecular formula is C15H20N2O. The number of hydrogen-bond donors (Lipinski definition) is 1. The molecule has 0 aliphatic heterocycles. The van der Waals surface area contributed by atoms with Crippen LogP contribution in [0.3, 0.4) is 0 Å². The SMILES string of the molecule is COC1CCC(C#N)(Nc2cccc(C)c2)CC1. The number of hydrogen-bond acceptors (Lipinski definition) is 3. The van der Waals surface area contributed by atoms with Crippen LogP contribution in [0.25, 0.3) is 0 Å². The minimum atomic E-state index is -0.428. The Morgan fingerprint density at radius 3 is 2.67 bits per heavy atom. The Morgan fingerprint density at radius 1 is 1.39 bits per heavy atom. The quantitative estimate of drug-likeness (QED) is 0.887. The lowest BCUT2D eigenvalue weighted by atomic mass is 9.81. The van der Waals surface area contributed by atoms with Gasteiger partial charge in [-0.05, 0) is 50.3 Å². The molecule has 1 aliphatic carbocycles. The van der Waals surface area contributed by atoms with E-state index in [1.165, 1.54) is 5.56 Å². The molecule has 1 saturated carbocycles. The number of benzene rings is 1. The number of anilines is 1. The standard InChI is InChI=1S/C15H20N2O/c1-12-4-3-5-13(10-12)17-15(11-16)8-6-14(18-2)7-9-15/h3-5,10,14,17H,6-9H2,1-2H3. The molecule has 2 rings (SSSR count). The van der Waals surface area contributed by atoms with Crippen LogP contribution in [0.4, 0.5) is 5.69 Å².